The second kappa shape index (κ2) is 14.6. The quantitative estimate of drug-likeness (QED) is 0.236. The van der Waals surface area contributed by atoms with Gasteiger partial charge in [0.05, 0.1) is 12.2 Å². The molecule has 1 aromatic heterocycles. The standard InChI is InChI=1S/C35H41F5N4O3/c1-23-19-24(11-16-43-14-3-2-4-15-43)21-41-31(23)28-10-6-8-26-25(7-5-9-27(26)28)20-29(32(45)46)42-33(47)34(35(38,39)40)12-17-44(18-13-34)22-30(36)37/h5-10,19,21,29-30H,2-4,11-18,20,22H2,1H3,(H,42,47)(H,45,46)/t29-/m0/s1. The molecule has 2 fully saturated rings. The average molecular weight is 661 g/mol. The van der Waals surface area contributed by atoms with Gasteiger partial charge >= 0.3 is 12.1 Å². The number of nitrogens with zero attached hydrogens (tertiary/aromatic N) is 3. The zero-order valence-electron chi connectivity index (χ0n) is 26.5. The zero-order chi connectivity index (χ0) is 33.8. The fourth-order valence-corrected chi connectivity index (χ4v) is 6.95. The number of nitrogens with one attached hydrogen (secondary N) is 1. The maximum atomic E-state index is 14.3. The molecule has 254 valence electrons. The first kappa shape index (κ1) is 34.7. The van der Waals surface area contributed by atoms with E-state index < -0.39 is 55.3 Å². The summed E-state index contributed by atoms with van der Waals surface area (Å²) >= 11 is 0. The molecule has 0 radical (unpaired) electrons. The maximum Gasteiger partial charge on any atom is 0.403 e. The number of alkyl halides is 5. The molecule has 3 aromatic rings. The number of hydrogen-bond acceptors (Lipinski definition) is 5. The van der Waals surface area contributed by atoms with E-state index in [0.29, 0.717) is 10.9 Å². The molecule has 12 heteroatoms. The summed E-state index contributed by atoms with van der Waals surface area (Å²) in [7, 11) is 0. The highest BCUT2D eigenvalue weighted by molar-refractivity contribution is 5.98. The van der Waals surface area contributed by atoms with Gasteiger partial charge in [-0.15, -0.1) is 0 Å². The number of benzene rings is 2. The van der Waals surface area contributed by atoms with E-state index in [0.717, 1.165) is 53.8 Å². The van der Waals surface area contributed by atoms with Crippen LogP contribution in [-0.4, -0.2) is 89.7 Å². The lowest BCUT2D eigenvalue weighted by molar-refractivity contribution is -0.233. The second-order valence-corrected chi connectivity index (χ2v) is 12.8. The van der Waals surface area contributed by atoms with Gasteiger partial charge in [-0.3, -0.25) is 14.7 Å². The molecular formula is C35H41F5N4O3. The fraction of sp³-hybridized carbons (Fsp3) is 0.514. The number of aliphatic carboxylic acids is 1. The molecule has 2 saturated heterocycles. The molecule has 47 heavy (non-hydrogen) atoms. The van der Waals surface area contributed by atoms with Gasteiger partial charge in [-0.05, 0) is 92.7 Å². The number of likely N-dealkylation sites (tertiary alicyclic amines) is 2. The maximum absolute atomic E-state index is 14.3. The summed E-state index contributed by atoms with van der Waals surface area (Å²) in [5, 5.41) is 13.7. The minimum atomic E-state index is -4.99. The molecule has 5 rings (SSSR count). The van der Waals surface area contributed by atoms with Crippen molar-refractivity contribution in [2.24, 2.45) is 5.41 Å². The summed E-state index contributed by atoms with van der Waals surface area (Å²) in [4.78, 5) is 34.0. The Morgan fingerprint density at radius 1 is 0.979 bits per heavy atom. The van der Waals surface area contributed by atoms with Crippen molar-refractivity contribution in [3.05, 3.63) is 65.4 Å². The van der Waals surface area contributed by atoms with Crippen LogP contribution in [0, 0.1) is 12.3 Å². The van der Waals surface area contributed by atoms with Crippen molar-refractivity contribution in [2.75, 3.05) is 39.3 Å². The van der Waals surface area contributed by atoms with Crippen molar-refractivity contribution in [1.29, 1.82) is 0 Å². The van der Waals surface area contributed by atoms with Crippen LogP contribution >= 0.6 is 0 Å². The summed E-state index contributed by atoms with van der Waals surface area (Å²) < 4.78 is 68.6. The zero-order valence-corrected chi connectivity index (χ0v) is 26.5. The van der Waals surface area contributed by atoms with Gasteiger partial charge in [-0.1, -0.05) is 48.9 Å². The summed E-state index contributed by atoms with van der Waals surface area (Å²) in [6.07, 6.45) is -2.88. The predicted molar refractivity (Wildman–Crippen MR) is 169 cm³/mol. The second-order valence-electron chi connectivity index (χ2n) is 12.8. The van der Waals surface area contributed by atoms with Crippen LogP contribution in [0.3, 0.4) is 0 Å². The van der Waals surface area contributed by atoms with Crippen LogP contribution in [0.5, 0.6) is 0 Å². The van der Waals surface area contributed by atoms with Crippen molar-refractivity contribution < 1.29 is 36.6 Å². The Labute approximate surface area is 271 Å². The molecule has 0 bridgehead atoms. The normalized spacial score (nSPS) is 18.4. The molecule has 1 amide bonds. The number of carboxylic acid groups (broad SMARTS) is 1. The molecule has 2 aromatic carbocycles. The van der Waals surface area contributed by atoms with Gasteiger partial charge in [0.25, 0.3) is 6.43 Å². The Hall–Kier alpha value is -3.64. The highest BCUT2D eigenvalue weighted by Gasteiger charge is 2.61. The van der Waals surface area contributed by atoms with Crippen molar-refractivity contribution >= 4 is 22.6 Å². The number of carbonyl (C=O) groups is 2. The number of carbonyl (C=O) groups excluding carboxylic acids is 1. The Balaban J connectivity index is 1.35. The van der Waals surface area contributed by atoms with E-state index in [1.54, 1.807) is 12.1 Å². The van der Waals surface area contributed by atoms with Crippen molar-refractivity contribution in [2.45, 2.75) is 70.5 Å². The Bertz CT molecular complexity index is 1570. The topological polar surface area (TPSA) is 85.8 Å². The molecule has 0 saturated carbocycles. The lowest BCUT2D eigenvalue weighted by Gasteiger charge is -2.41. The highest BCUT2D eigenvalue weighted by atomic mass is 19.4. The van der Waals surface area contributed by atoms with Gasteiger partial charge < -0.3 is 15.3 Å². The van der Waals surface area contributed by atoms with Crippen LogP contribution in [0.25, 0.3) is 22.0 Å². The first-order valence-electron chi connectivity index (χ1n) is 16.2. The number of rotatable bonds is 11. The number of halogens is 5. The van der Waals surface area contributed by atoms with Crippen LogP contribution in [0.15, 0.2) is 48.7 Å². The molecule has 0 spiro atoms. The Morgan fingerprint density at radius 2 is 1.66 bits per heavy atom. The molecule has 7 nitrogen and oxygen atoms in total. The third-order valence-corrected chi connectivity index (χ3v) is 9.68. The van der Waals surface area contributed by atoms with E-state index in [2.05, 4.69) is 16.3 Å². The lowest BCUT2D eigenvalue weighted by Crippen LogP contribution is -2.59. The van der Waals surface area contributed by atoms with E-state index in [9.17, 15) is 36.6 Å². The molecule has 1 atom stereocenters. The Morgan fingerprint density at radius 3 is 2.30 bits per heavy atom. The molecule has 3 heterocycles. The Kier molecular flexibility index (Phi) is 10.8. The van der Waals surface area contributed by atoms with Crippen molar-refractivity contribution in [3.8, 4) is 11.3 Å². The van der Waals surface area contributed by atoms with E-state index in [-0.39, 0.29) is 19.5 Å². The lowest BCUT2D eigenvalue weighted by atomic mass is 9.76. The summed E-state index contributed by atoms with van der Waals surface area (Å²) in [6, 6.07) is 11.4. The van der Waals surface area contributed by atoms with Crippen molar-refractivity contribution in [1.82, 2.24) is 20.1 Å². The summed E-state index contributed by atoms with van der Waals surface area (Å²) in [5.74, 6) is -2.92. The van der Waals surface area contributed by atoms with Gasteiger partial charge in [0, 0.05) is 24.7 Å². The molecular weight excluding hydrogens is 619 g/mol. The summed E-state index contributed by atoms with van der Waals surface area (Å²) in [6.45, 7) is 3.85. The monoisotopic (exact) mass is 660 g/mol. The summed E-state index contributed by atoms with van der Waals surface area (Å²) in [5.41, 5.74) is 1.44. The molecule has 0 unspecified atom stereocenters. The predicted octanol–water partition coefficient (Wildman–Crippen LogP) is 6.26. The number of aromatic nitrogens is 1. The number of hydrogen-bond donors (Lipinski definition) is 2. The molecule has 2 aliphatic rings. The van der Waals surface area contributed by atoms with E-state index in [4.69, 9.17) is 4.98 Å². The van der Waals surface area contributed by atoms with E-state index in [1.807, 2.05) is 37.4 Å². The van der Waals surface area contributed by atoms with Crippen LogP contribution in [-0.2, 0) is 22.4 Å². The van der Waals surface area contributed by atoms with E-state index >= 15 is 0 Å². The van der Waals surface area contributed by atoms with E-state index in [1.165, 1.54) is 24.2 Å². The highest BCUT2D eigenvalue weighted by Crippen LogP contribution is 2.47. The minimum absolute atomic E-state index is 0.255. The number of aryl methyl sites for hydroxylation is 1. The smallest absolute Gasteiger partial charge is 0.403 e. The minimum Gasteiger partial charge on any atom is -0.480 e. The number of pyridine rings is 1. The van der Waals surface area contributed by atoms with Gasteiger partial charge in [0.2, 0.25) is 5.91 Å². The largest absolute Gasteiger partial charge is 0.480 e. The first-order chi connectivity index (χ1) is 22.4. The number of carboxylic acids is 1. The number of piperidine rings is 2. The number of fused-ring (bicyclic) bond motifs is 1. The van der Waals surface area contributed by atoms with Crippen molar-refractivity contribution in [3.63, 3.8) is 0 Å². The fourth-order valence-electron chi connectivity index (χ4n) is 6.95. The van der Waals surface area contributed by atoms with Crippen LogP contribution in [0.1, 0.15) is 48.8 Å². The average Bonchev–Trinajstić information content (AvgIpc) is 3.03. The molecule has 2 aliphatic heterocycles. The molecule has 2 N–H and O–H groups in total. The van der Waals surface area contributed by atoms with Crippen LogP contribution < -0.4 is 5.32 Å². The van der Waals surface area contributed by atoms with Gasteiger partial charge in [-0.25, -0.2) is 13.6 Å². The van der Waals surface area contributed by atoms with Gasteiger partial charge in [0.1, 0.15) is 11.5 Å². The van der Waals surface area contributed by atoms with Crippen LogP contribution in [0.2, 0.25) is 0 Å². The third kappa shape index (κ3) is 7.92. The number of amides is 1. The third-order valence-electron chi connectivity index (χ3n) is 9.68. The van der Waals surface area contributed by atoms with Gasteiger partial charge in [-0.2, -0.15) is 13.2 Å². The molecule has 0 aliphatic carbocycles. The first-order valence-corrected chi connectivity index (χ1v) is 16.2. The SMILES string of the molecule is Cc1cc(CCN2CCCCC2)cnc1-c1cccc2c(C[C@H](NC(=O)C3(C(F)(F)F)CCN(CC(F)F)CC3)C(=O)O)cccc12. The van der Waals surface area contributed by atoms with Crippen LogP contribution in [0.4, 0.5) is 22.0 Å². The van der Waals surface area contributed by atoms with Gasteiger partial charge in [0.15, 0.2) is 0 Å².